The van der Waals surface area contributed by atoms with E-state index in [4.69, 9.17) is 9.47 Å². The van der Waals surface area contributed by atoms with Crippen molar-refractivity contribution >= 4 is 15.9 Å². The normalized spacial score (nSPS) is 23.6. The molecule has 1 aromatic rings. The Bertz CT molecular complexity index is 501. The predicted molar refractivity (Wildman–Crippen MR) is 83.2 cm³/mol. The molecule has 2 aliphatic heterocycles. The van der Waals surface area contributed by atoms with E-state index in [-0.39, 0.29) is 5.60 Å². The fraction of sp³-hybridized carbons (Fsp3) is 0.625. The predicted octanol–water partition coefficient (Wildman–Crippen LogP) is 3.43. The van der Waals surface area contributed by atoms with Crippen LogP contribution in [0.1, 0.15) is 37.8 Å². The maximum absolute atomic E-state index is 6.00. The summed E-state index contributed by atoms with van der Waals surface area (Å²) in [7, 11) is 0. The maximum Gasteiger partial charge on any atom is 0.127 e. The third-order valence-electron chi connectivity index (χ3n) is 4.07. The molecule has 20 heavy (non-hydrogen) atoms. The zero-order chi connectivity index (χ0) is 14.2. The maximum atomic E-state index is 6.00. The Balaban J connectivity index is 1.57. The molecule has 1 fully saturated rings. The second-order valence-electron chi connectivity index (χ2n) is 6.32. The fourth-order valence-corrected chi connectivity index (χ4v) is 3.62. The van der Waals surface area contributed by atoms with Gasteiger partial charge in [0.15, 0.2) is 0 Å². The minimum absolute atomic E-state index is 0.0481. The molecule has 1 aromatic carbocycles. The van der Waals surface area contributed by atoms with E-state index in [1.165, 1.54) is 11.1 Å². The van der Waals surface area contributed by atoms with Crippen LogP contribution in [0.15, 0.2) is 16.6 Å². The molecule has 0 saturated carbocycles. The van der Waals surface area contributed by atoms with Crippen LogP contribution in [-0.4, -0.2) is 24.9 Å². The van der Waals surface area contributed by atoms with Crippen LogP contribution in [-0.2, 0) is 17.7 Å². The Morgan fingerprint density at radius 2 is 2.25 bits per heavy atom. The zero-order valence-electron chi connectivity index (χ0n) is 12.2. The molecule has 2 aliphatic rings. The molecule has 0 spiro atoms. The van der Waals surface area contributed by atoms with E-state index in [0.717, 1.165) is 49.2 Å². The van der Waals surface area contributed by atoms with Crippen LogP contribution in [0.5, 0.6) is 5.75 Å². The minimum atomic E-state index is 0.0481. The van der Waals surface area contributed by atoms with E-state index in [1.54, 1.807) is 0 Å². The average molecular weight is 340 g/mol. The first-order chi connectivity index (χ1) is 9.53. The molecule has 0 amide bonds. The number of fused-ring (bicyclic) bond motifs is 1. The number of hydrogen-bond acceptors (Lipinski definition) is 3. The van der Waals surface area contributed by atoms with Gasteiger partial charge in [0.25, 0.3) is 0 Å². The lowest BCUT2D eigenvalue weighted by atomic mass is 10.1. The summed E-state index contributed by atoms with van der Waals surface area (Å²) in [5, 5.41) is 3.51. The summed E-state index contributed by atoms with van der Waals surface area (Å²) in [6.07, 6.45) is 3.65. The number of halogens is 1. The molecule has 0 bridgehead atoms. The topological polar surface area (TPSA) is 30.5 Å². The second-order valence-corrected chi connectivity index (χ2v) is 7.24. The highest BCUT2D eigenvalue weighted by Crippen LogP contribution is 2.33. The standard InChI is InChI=1S/C16H22BrNO2/c1-16(2)5-3-14(20-16)10-18-9-12-8-13(17)7-11-4-6-19-15(11)12/h7-8,14,18H,3-6,9-10H2,1-2H3. The average Bonchev–Trinajstić information content (AvgIpc) is 2.95. The monoisotopic (exact) mass is 339 g/mol. The summed E-state index contributed by atoms with van der Waals surface area (Å²) in [4.78, 5) is 0. The van der Waals surface area contributed by atoms with Crippen molar-refractivity contribution < 1.29 is 9.47 Å². The SMILES string of the molecule is CC1(C)CCC(CNCc2cc(Br)cc3c2OCC3)O1. The van der Waals surface area contributed by atoms with Gasteiger partial charge in [0.2, 0.25) is 0 Å². The molecule has 110 valence electrons. The first kappa shape index (κ1) is 14.4. The molecule has 1 N–H and O–H groups in total. The van der Waals surface area contributed by atoms with Crippen LogP contribution >= 0.6 is 15.9 Å². The molecule has 2 heterocycles. The largest absolute Gasteiger partial charge is 0.493 e. The molecule has 0 aromatic heterocycles. The van der Waals surface area contributed by atoms with Gasteiger partial charge in [0.1, 0.15) is 5.75 Å². The molecule has 0 radical (unpaired) electrons. The van der Waals surface area contributed by atoms with Crippen LogP contribution < -0.4 is 10.1 Å². The fourth-order valence-electron chi connectivity index (χ4n) is 3.07. The van der Waals surface area contributed by atoms with Crippen molar-refractivity contribution in [2.45, 2.75) is 51.4 Å². The van der Waals surface area contributed by atoms with Gasteiger partial charge in [0.05, 0.1) is 18.3 Å². The second kappa shape index (κ2) is 5.66. The third-order valence-corrected chi connectivity index (χ3v) is 4.52. The van der Waals surface area contributed by atoms with Gasteiger partial charge in [-0.2, -0.15) is 0 Å². The van der Waals surface area contributed by atoms with Crippen LogP contribution in [0.4, 0.5) is 0 Å². The number of rotatable bonds is 4. The Labute approximate surface area is 129 Å². The number of hydrogen-bond donors (Lipinski definition) is 1. The minimum Gasteiger partial charge on any atom is -0.493 e. The van der Waals surface area contributed by atoms with E-state index in [2.05, 4.69) is 47.2 Å². The quantitative estimate of drug-likeness (QED) is 0.911. The summed E-state index contributed by atoms with van der Waals surface area (Å²) >= 11 is 3.58. The van der Waals surface area contributed by atoms with Gasteiger partial charge in [-0.1, -0.05) is 15.9 Å². The van der Waals surface area contributed by atoms with Crippen LogP contribution in [0.2, 0.25) is 0 Å². The third kappa shape index (κ3) is 3.18. The van der Waals surface area contributed by atoms with Gasteiger partial charge in [0, 0.05) is 29.5 Å². The molecule has 0 aliphatic carbocycles. The number of ether oxygens (including phenoxy) is 2. The Morgan fingerprint density at radius 3 is 3.00 bits per heavy atom. The summed E-state index contributed by atoms with van der Waals surface area (Å²) in [6.45, 7) is 6.88. The first-order valence-corrected chi connectivity index (χ1v) is 8.15. The van der Waals surface area contributed by atoms with Gasteiger partial charge in [-0.3, -0.25) is 0 Å². The van der Waals surface area contributed by atoms with Crippen molar-refractivity contribution in [1.82, 2.24) is 5.32 Å². The van der Waals surface area contributed by atoms with E-state index < -0.39 is 0 Å². The number of benzene rings is 1. The summed E-state index contributed by atoms with van der Waals surface area (Å²) in [5.74, 6) is 1.08. The Hall–Kier alpha value is -0.580. The van der Waals surface area contributed by atoms with Crippen LogP contribution in [0.25, 0.3) is 0 Å². The molecule has 3 rings (SSSR count). The van der Waals surface area contributed by atoms with Crippen LogP contribution in [0, 0.1) is 0 Å². The van der Waals surface area contributed by atoms with E-state index in [0.29, 0.717) is 6.10 Å². The highest BCUT2D eigenvalue weighted by atomic mass is 79.9. The summed E-state index contributed by atoms with van der Waals surface area (Å²) in [6, 6.07) is 4.31. The highest BCUT2D eigenvalue weighted by Gasteiger charge is 2.31. The summed E-state index contributed by atoms with van der Waals surface area (Å²) < 4.78 is 12.9. The Kier molecular flexibility index (Phi) is 4.07. The highest BCUT2D eigenvalue weighted by molar-refractivity contribution is 9.10. The first-order valence-electron chi connectivity index (χ1n) is 7.36. The summed E-state index contributed by atoms with van der Waals surface area (Å²) in [5.41, 5.74) is 2.60. The number of nitrogens with one attached hydrogen (secondary N) is 1. The van der Waals surface area contributed by atoms with Crippen LogP contribution in [0.3, 0.4) is 0 Å². The van der Waals surface area contributed by atoms with E-state index >= 15 is 0 Å². The zero-order valence-corrected chi connectivity index (χ0v) is 13.8. The molecule has 3 nitrogen and oxygen atoms in total. The molecule has 1 saturated heterocycles. The molecular formula is C16H22BrNO2. The van der Waals surface area contributed by atoms with Crippen molar-refractivity contribution in [1.29, 1.82) is 0 Å². The lowest BCUT2D eigenvalue weighted by Crippen LogP contribution is -2.29. The molecule has 1 unspecified atom stereocenters. The molecule has 4 heteroatoms. The van der Waals surface area contributed by atoms with Crippen molar-refractivity contribution in [3.8, 4) is 5.75 Å². The molecular weight excluding hydrogens is 318 g/mol. The van der Waals surface area contributed by atoms with Crippen molar-refractivity contribution in [2.24, 2.45) is 0 Å². The lowest BCUT2D eigenvalue weighted by molar-refractivity contribution is -0.0143. The Morgan fingerprint density at radius 1 is 1.40 bits per heavy atom. The lowest BCUT2D eigenvalue weighted by Gasteiger charge is -2.19. The van der Waals surface area contributed by atoms with E-state index in [9.17, 15) is 0 Å². The van der Waals surface area contributed by atoms with Gasteiger partial charge >= 0.3 is 0 Å². The van der Waals surface area contributed by atoms with Gasteiger partial charge in [-0.15, -0.1) is 0 Å². The van der Waals surface area contributed by atoms with Gasteiger partial charge in [-0.05, 0) is 44.4 Å². The molecule has 1 atom stereocenters. The van der Waals surface area contributed by atoms with Crippen molar-refractivity contribution in [3.05, 3.63) is 27.7 Å². The van der Waals surface area contributed by atoms with Crippen molar-refractivity contribution in [2.75, 3.05) is 13.2 Å². The van der Waals surface area contributed by atoms with E-state index in [1.807, 2.05) is 0 Å². The van der Waals surface area contributed by atoms with Crippen molar-refractivity contribution in [3.63, 3.8) is 0 Å². The van der Waals surface area contributed by atoms with Gasteiger partial charge in [-0.25, -0.2) is 0 Å². The van der Waals surface area contributed by atoms with Gasteiger partial charge < -0.3 is 14.8 Å². The smallest absolute Gasteiger partial charge is 0.127 e.